The van der Waals surface area contributed by atoms with Gasteiger partial charge in [0.2, 0.25) is 0 Å². The van der Waals surface area contributed by atoms with E-state index in [9.17, 15) is 0 Å². The van der Waals surface area contributed by atoms with Gasteiger partial charge in [-0.1, -0.05) is 23.7 Å². The normalized spacial score (nSPS) is 12.4. The van der Waals surface area contributed by atoms with E-state index in [-0.39, 0.29) is 6.04 Å². The van der Waals surface area contributed by atoms with E-state index in [1.807, 2.05) is 31.3 Å². The van der Waals surface area contributed by atoms with E-state index in [4.69, 9.17) is 11.6 Å². The fourth-order valence-corrected chi connectivity index (χ4v) is 1.80. The van der Waals surface area contributed by atoms with Crippen LogP contribution in [0.5, 0.6) is 0 Å². The summed E-state index contributed by atoms with van der Waals surface area (Å²) in [5, 5.41) is 8.24. The fourth-order valence-electron chi connectivity index (χ4n) is 1.60. The molecular formula is C12H14ClN3. The van der Waals surface area contributed by atoms with Crippen LogP contribution >= 0.6 is 11.6 Å². The molecule has 4 heteroatoms. The molecule has 1 aromatic carbocycles. The molecule has 2 aromatic rings. The predicted octanol–water partition coefficient (Wildman–Crippen LogP) is 3.25. The Morgan fingerprint density at radius 2 is 2.19 bits per heavy atom. The van der Waals surface area contributed by atoms with Gasteiger partial charge in [-0.3, -0.25) is 4.68 Å². The van der Waals surface area contributed by atoms with E-state index < -0.39 is 0 Å². The average molecular weight is 236 g/mol. The molecule has 0 amide bonds. The van der Waals surface area contributed by atoms with Crippen molar-refractivity contribution < 1.29 is 0 Å². The number of aromatic nitrogens is 2. The summed E-state index contributed by atoms with van der Waals surface area (Å²) in [6.07, 6.45) is 1.77. The Bertz CT molecular complexity index is 479. The van der Waals surface area contributed by atoms with Gasteiger partial charge in [-0.2, -0.15) is 5.10 Å². The molecule has 0 aliphatic rings. The maximum atomic E-state index is 5.96. The maximum Gasteiger partial charge on any atom is 0.124 e. The lowest BCUT2D eigenvalue weighted by Gasteiger charge is -2.15. The number of anilines is 1. The Labute approximate surface area is 100 Å². The Morgan fingerprint density at radius 3 is 2.81 bits per heavy atom. The van der Waals surface area contributed by atoms with Gasteiger partial charge in [-0.15, -0.1) is 0 Å². The third-order valence-electron chi connectivity index (χ3n) is 2.53. The average Bonchev–Trinajstić information content (AvgIpc) is 2.64. The first-order valence-electron chi connectivity index (χ1n) is 5.17. The number of halogens is 1. The quantitative estimate of drug-likeness (QED) is 0.885. The van der Waals surface area contributed by atoms with Crippen molar-refractivity contribution in [2.45, 2.75) is 13.0 Å². The summed E-state index contributed by atoms with van der Waals surface area (Å²) >= 11 is 5.96. The van der Waals surface area contributed by atoms with Crippen molar-refractivity contribution in [2.24, 2.45) is 7.05 Å². The third kappa shape index (κ3) is 2.36. The summed E-state index contributed by atoms with van der Waals surface area (Å²) in [5.41, 5.74) is 1.16. The second-order valence-electron chi connectivity index (χ2n) is 3.76. The van der Waals surface area contributed by atoms with Gasteiger partial charge in [-0.05, 0) is 24.6 Å². The summed E-state index contributed by atoms with van der Waals surface area (Å²) < 4.78 is 1.81. The van der Waals surface area contributed by atoms with Gasteiger partial charge in [0.25, 0.3) is 0 Å². The third-order valence-corrected chi connectivity index (χ3v) is 2.77. The van der Waals surface area contributed by atoms with Crippen LogP contribution in [-0.4, -0.2) is 9.78 Å². The smallest absolute Gasteiger partial charge is 0.124 e. The van der Waals surface area contributed by atoms with Crippen molar-refractivity contribution >= 4 is 17.4 Å². The van der Waals surface area contributed by atoms with Gasteiger partial charge in [0.15, 0.2) is 0 Å². The Morgan fingerprint density at radius 1 is 1.38 bits per heavy atom. The highest BCUT2D eigenvalue weighted by molar-refractivity contribution is 6.30. The molecule has 0 aliphatic carbocycles. The minimum atomic E-state index is 0.203. The lowest BCUT2D eigenvalue weighted by Crippen LogP contribution is -2.09. The number of hydrogen-bond acceptors (Lipinski definition) is 2. The molecule has 84 valence electrons. The summed E-state index contributed by atoms with van der Waals surface area (Å²) in [5.74, 6) is 0.993. The number of aryl methyl sites for hydroxylation is 1. The van der Waals surface area contributed by atoms with Crippen LogP contribution in [0.4, 0.5) is 5.82 Å². The molecule has 0 radical (unpaired) electrons. The molecule has 3 nitrogen and oxygen atoms in total. The van der Waals surface area contributed by atoms with Crippen LogP contribution < -0.4 is 5.32 Å². The van der Waals surface area contributed by atoms with Gasteiger partial charge in [-0.25, -0.2) is 0 Å². The van der Waals surface area contributed by atoms with Crippen LogP contribution in [0.2, 0.25) is 5.02 Å². The molecule has 0 saturated carbocycles. The summed E-state index contributed by atoms with van der Waals surface area (Å²) in [6.45, 7) is 2.10. The van der Waals surface area contributed by atoms with Crippen LogP contribution in [0, 0.1) is 0 Å². The molecule has 1 atom stereocenters. The molecule has 1 aromatic heterocycles. The first-order valence-corrected chi connectivity index (χ1v) is 5.54. The minimum Gasteiger partial charge on any atom is -0.364 e. The van der Waals surface area contributed by atoms with Crippen LogP contribution in [0.15, 0.2) is 36.5 Å². The lowest BCUT2D eigenvalue weighted by molar-refractivity contribution is 0.751. The van der Waals surface area contributed by atoms with Crippen molar-refractivity contribution in [3.05, 3.63) is 47.1 Å². The monoisotopic (exact) mass is 235 g/mol. The van der Waals surface area contributed by atoms with Crippen LogP contribution in [0.3, 0.4) is 0 Å². The van der Waals surface area contributed by atoms with Crippen LogP contribution in [0.25, 0.3) is 0 Å². The highest BCUT2D eigenvalue weighted by atomic mass is 35.5. The number of nitrogens with one attached hydrogen (secondary N) is 1. The van der Waals surface area contributed by atoms with Crippen molar-refractivity contribution in [1.82, 2.24) is 9.78 Å². The van der Waals surface area contributed by atoms with Crippen molar-refractivity contribution in [1.29, 1.82) is 0 Å². The molecular weight excluding hydrogens is 222 g/mol. The Balaban J connectivity index is 2.14. The molecule has 2 rings (SSSR count). The van der Waals surface area contributed by atoms with E-state index in [1.165, 1.54) is 0 Å². The first kappa shape index (κ1) is 11.0. The minimum absolute atomic E-state index is 0.203. The SMILES string of the molecule is CC(Nc1ccnn1C)c1cccc(Cl)c1. The molecule has 16 heavy (non-hydrogen) atoms. The van der Waals surface area contributed by atoms with Gasteiger partial charge >= 0.3 is 0 Å². The second kappa shape index (κ2) is 4.58. The van der Waals surface area contributed by atoms with Crippen molar-refractivity contribution in [2.75, 3.05) is 5.32 Å². The second-order valence-corrected chi connectivity index (χ2v) is 4.20. The predicted molar refractivity (Wildman–Crippen MR) is 66.7 cm³/mol. The van der Waals surface area contributed by atoms with Gasteiger partial charge < -0.3 is 5.32 Å². The van der Waals surface area contributed by atoms with Crippen molar-refractivity contribution in [3.8, 4) is 0 Å². The standard InChI is InChI=1S/C12H14ClN3/c1-9(10-4-3-5-11(13)8-10)15-12-6-7-14-16(12)2/h3-9,15H,1-2H3. The number of nitrogens with zero attached hydrogens (tertiary/aromatic N) is 2. The number of hydrogen-bond donors (Lipinski definition) is 1. The largest absolute Gasteiger partial charge is 0.364 e. The molecule has 0 fully saturated rings. The van der Waals surface area contributed by atoms with E-state index >= 15 is 0 Å². The Kier molecular flexibility index (Phi) is 3.15. The topological polar surface area (TPSA) is 29.9 Å². The summed E-state index contributed by atoms with van der Waals surface area (Å²) in [6, 6.07) is 10.0. The van der Waals surface area contributed by atoms with Gasteiger partial charge in [0.1, 0.15) is 5.82 Å². The highest BCUT2D eigenvalue weighted by Crippen LogP contribution is 2.21. The number of rotatable bonds is 3. The van der Waals surface area contributed by atoms with Gasteiger partial charge in [0, 0.05) is 24.2 Å². The first-order chi connectivity index (χ1) is 7.66. The molecule has 0 spiro atoms. The van der Waals surface area contributed by atoms with Crippen LogP contribution in [-0.2, 0) is 7.05 Å². The molecule has 1 N–H and O–H groups in total. The Hall–Kier alpha value is -1.48. The van der Waals surface area contributed by atoms with Crippen LogP contribution in [0.1, 0.15) is 18.5 Å². The molecule has 0 aliphatic heterocycles. The van der Waals surface area contributed by atoms with E-state index in [2.05, 4.69) is 23.4 Å². The zero-order valence-corrected chi connectivity index (χ0v) is 10.1. The zero-order chi connectivity index (χ0) is 11.5. The molecule has 0 saturated heterocycles. The van der Waals surface area contributed by atoms with E-state index in [0.717, 1.165) is 16.4 Å². The fraction of sp³-hybridized carbons (Fsp3) is 0.250. The zero-order valence-electron chi connectivity index (χ0n) is 9.31. The highest BCUT2D eigenvalue weighted by Gasteiger charge is 2.07. The van der Waals surface area contributed by atoms with E-state index in [1.54, 1.807) is 10.9 Å². The summed E-state index contributed by atoms with van der Waals surface area (Å²) in [7, 11) is 1.91. The van der Waals surface area contributed by atoms with Crippen molar-refractivity contribution in [3.63, 3.8) is 0 Å². The van der Waals surface area contributed by atoms with E-state index in [0.29, 0.717) is 0 Å². The van der Waals surface area contributed by atoms with Gasteiger partial charge in [0.05, 0.1) is 6.20 Å². The lowest BCUT2D eigenvalue weighted by atomic mass is 10.1. The maximum absolute atomic E-state index is 5.96. The number of benzene rings is 1. The summed E-state index contributed by atoms with van der Waals surface area (Å²) in [4.78, 5) is 0. The molecule has 0 bridgehead atoms. The molecule has 1 unspecified atom stereocenters. The molecule has 1 heterocycles.